The van der Waals surface area contributed by atoms with E-state index >= 15 is 0 Å². The van der Waals surface area contributed by atoms with Crippen molar-refractivity contribution in [3.8, 4) is 0 Å². The fraction of sp³-hybridized carbons (Fsp3) is 0.556. The third-order valence-electron chi connectivity index (χ3n) is 3.62. The van der Waals surface area contributed by atoms with E-state index in [1.54, 1.807) is 26.0 Å². The van der Waals surface area contributed by atoms with Gasteiger partial charge in [-0.2, -0.15) is 8.42 Å². The maximum Gasteiger partial charge on any atom is 0.319 e. The predicted molar refractivity (Wildman–Crippen MR) is 103 cm³/mol. The van der Waals surface area contributed by atoms with Crippen LogP contribution in [0.2, 0.25) is 0 Å². The lowest BCUT2D eigenvalue weighted by molar-refractivity contribution is -0.157. The second kappa shape index (κ2) is 11.5. The second-order valence-corrected chi connectivity index (χ2v) is 8.83. The average molecular weight is 418 g/mol. The minimum atomic E-state index is -4.06. The molecule has 0 aliphatic rings. The number of hydrogen-bond donors (Lipinski definition) is 0. The maximum atomic E-state index is 12.7. The highest BCUT2D eigenvalue weighted by atomic mass is 32.2. The minimum Gasteiger partial charge on any atom is -0.627 e. The summed E-state index contributed by atoms with van der Waals surface area (Å²) in [6, 6.07) is 6.13. The molecule has 152 valence electrons. The van der Waals surface area contributed by atoms with Crippen LogP contribution in [0.15, 0.2) is 29.2 Å². The first-order valence-electron chi connectivity index (χ1n) is 8.83. The van der Waals surface area contributed by atoms with Crippen molar-refractivity contribution in [3.05, 3.63) is 29.8 Å². The third-order valence-corrected chi connectivity index (χ3v) is 6.37. The number of ether oxygens (including phenoxy) is 2. The summed E-state index contributed by atoms with van der Waals surface area (Å²) in [6.45, 7) is 7.47. The van der Waals surface area contributed by atoms with Gasteiger partial charge in [-0.3, -0.25) is 4.79 Å². The number of hydrogen-bond acceptors (Lipinski definition) is 7. The molecule has 0 aromatic heterocycles. The topological polar surface area (TPSA) is 102 Å². The summed E-state index contributed by atoms with van der Waals surface area (Å²) in [5.41, 5.74) is 0.927. The van der Waals surface area contributed by atoms with E-state index < -0.39 is 36.1 Å². The second-order valence-electron chi connectivity index (χ2n) is 5.76. The summed E-state index contributed by atoms with van der Waals surface area (Å²) in [7, 11) is -6.42. The van der Waals surface area contributed by atoms with Gasteiger partial charge >= 0.3 is 16.1 Å². The lowest BCUT2D eigenvalue weighted by atomic mass is 10.1. The lowest BCUT2D eigenvalue weighted by Gasteiger charge is -2.16. The highest BCUT2D eigenvalue weighted by molar-refractivity contribution is 7.87. The van der Waals surface area contributed by atoms with Crippen molar-refractivity contribution < 1.29 is 31.8 Å². The van der Waals surface area contributed by atoms with Gasteiger partial charge in [-0.05, 0) is 39.3 Å². The van der Waals surface area contributed by atoms with Gasteiger partial charge < -0.3 is 14.4 Å². The first kappa shape index (κ1) is 23.7. The molecular weight excluding hydrogens is 391 g/mol. The normalized spacial score (nSPS) is 13.8. The van der Waals surface area contributed by atoms with Crippen molar-refractivity contribution in [1.29, 1.82) is 0 Å². The van der Waals surface area contributed by atoms with Gasteiger partial charge in [0, 0.05) is 0 Å². The van der Waals surface area contributed by atoms with Gasteiger partial charge in [0.2, 0.25) is 11.8 Å². The lowest BCUT2D eigenvalue weighted by Crippen LogP contribution is -2.29. The van der Waals surface area contributed by atoms with Crippen LogP contribution < -0.4 is 4.89 Å². The number of carbonyl (C=O) groups is 1. The molecule has 0 aliphatic heterocycles. The predicted octanol–water partition coefficient (Wildman–Crippen LogP) is 2.56. The summed E-state index contributed by atoms with van der Waals surface area (Å²) in [5.74, 6) is -1.35. The molecule has 9 heteroatoms. The molecule has 0 N–H and O–H groups in total. The van der Waals surface area contributed by atoms with Gasteiger partial charge in [0.05, 0.1) is 18.1 Å². The van der Waals surface area contributed by atoms with Gasteiger partial charge in [0.25, 0.3) is 0 Å². The number of esters is 1. The van der Waals surface area contributed by atoms with Crippen molar-refractivity contribution in [2.75, 3.05) is 19.6 Å². The van der Waals surface area contributed by atoms with E-state index in [0.29, 0.717) is 12.8 Å². The van der Waals surface area contributed by atoms with E-state index in [-0.39, 0.29) is 23.6 Å². The Hall–Kier alpha value is -1.31. The molecule has 1 rings (SSSR count). The van der Waals surface area contributed by atoms with Crippen LogP contribution in [0.25, 0.3) is 0 Å². The first-order chi connectivity index (χ1) is 12.8. The van der Waals surface area contributed by atoms with Crippen molar-refractivity contribution in [1.82, 2.24) is 0 Å². The Morgan fingerprint density at radius 2 is 1.70 bits per heavy atom. The molecule has 2 atom stereocenters. The van der Waals surface area contributed by atoms with Crippen LogP contribution in [-0.2, 0) is 28.6 Å². The van der Waals surface area contributed by atoms with E-state index in [0.717, 1.165) is 5.56 Å². The van der Waals surface area contributed by atoms with E-state index in [1.165, 1.54) is 12.1 Å². The van der Waals surface area contributed by atoms with Crippen LogP contribution in [0.1, 0.15) is 39.2 Å². The molecule has 1 aromatic carbocycles. The molecule has 2 unspecified atom stereocenters. The SMILES string of the molecule is CCCC(C(=O)OCC)C(OCC)=[P+]([O-])COS(=O)(=O)c1ccc(C)cc1. The molecule has 1 aromatic rings. The van der Waals surface area contributed by atoms with Gasteiger partial charge in [0.1, 0.15) is 13.7 Å². The molecule has 0 saturated carbocycles. The standard InChI is InChI=1S/C18H27O7PS/c1-5-8-16(17(19)23-6-2)18(24-7-3)26(20)13-25-27(21,22)15-11-9-14(4)10-12-15/h9-12,16H,5-8,13H2,1-4H3. The first-order valence-corrected chi connectivity index (χ1v) is 11.7. The summed E-state index contributed by atoms with van der Waals surface area (Å²) in [4.78, 5) is 24.9. The molecule has 0 radical (unpaired) electrons. The van der Waals surface area contributed by atoms with Crippen LogP contribution in [0.5, 0.6) is 0 Å². The van der Waals surface area contributed by atoms with Crippen molar-refractivity contribution in [3.63, 3.8) is 0 Å². The van der Waals surface area contributed by atoms with Crippen LogP contribution >= 0.6 is 7.77 Å². The molecule has 0 bridgehead atoms. The van der Waals surface area contributed by atoms with Crippen molar-refractivity contribution >= 4 is 29.3 Å². The zero-order chi connectivity index (χ0) is 20.4. The molecule has 0 saturated heterocycles. The van der Waals surface area contributed by atoms with Gasteiger partial charge in [0.15, 0.2) is 0 Å². The van der Waals surface area contributed by atoms with Crippen LogP contribution in [0, 0.1) is 12.8 Å². The van der Waals surface area contributed by atoms with E-state index in [2.05, 4.69) is 0 Å². The molecule has 7 nitrogen and oxygen atoms in total. The smallest absolute Gasteiger partial charge is 0.319 e. The largest absolute Gasteiger partial charge is 0.627 e. The Morgan fingerprint density at radius 1 is 1.11 bits per heavy atom. The quantitative estimate of drug-likeness (QED) is 0.309. The minimum absolute atomic E-state index is 0.0203. The molecule has 27 heavy (non-hydrogen) atoms. The Bertz CT molecular complexity index is 741. The number of carbonyl (C=O) groups excluding carboxylic acids is 1. The maximum absolute atomic E-state index is 12.7. The number of aryl methyl sites for hydroxylation is 1. The Morgan fingerprint density at radius 3 is 2.22 bits per heavy atom. The zero-order valence-electron chi connectivity index (χ0n) is 16.1. The third kappa shape index (κ3) is 7.31. The Kier molecular flexibility index (Phi) is 10.1. The summed E-state index contributed by atoms with van der Waals surface area (Å²) < 4.78 is 39.9. The number of rotatable bonds is 11. The molecule has 0 aliphatic carbocycles. The number of benzene rings is 1. The summed E-state index contributed by atoms with van der Waals surface area (Å²) >= 11 is 0. The van der Waals surface area contributed by atoms with E-state index in [9.17, 15) is 18.1 Å². The Labute approximate surface area is 162 Å². The van der Waals surface area contributed by atoms with Crippen LogP contribution in [0.4, 0.5) is 0 Å². The monoisotopic (exact) mass is 418 g/mol. The van der Waals surface area contributed by atoms with Gasteiger partial charge in [-0.25, -0.2) is 4.18 Å². The Balaban J connectivity index is 3.05. The molecule has 0 amide bonds. The van der Waals surface area contributed by atoms with E-state index in [4.69, 9.17) is 13.7 Å². The zero-order valence-corrected chi connectivity index (χ0v) is 17.8. The average Bonchev–Trinajstić information content (AvgIpc) is 2.63. The fourth-order valence-electron chi connectivity index (χ4n) is 2.32. The molecule has 0 fully saturated rings. The fourth-order valence-corrected chi connectivity index (χ4v) is 4.85. The summed E-state index contributed by atoms with van der Waals surface area (Å²) in [5, 5.41) is 0. The van der Waals surface area contributed by atoms with Crippen LogP contribution in [-0.4, -0.2) is 39.4 Å². The van der Waals surface area contributed by atoms with E-state index in [1.807, 2.05) is 13.8 Å². The van der Waals surface area contributed by atoms with Crippen molar-refractivity contribution in [2.24, 2.45) is 5.92 Å². The molecule has 0 spiro atoms. The summed E-state index contributed by atoms with van der Waals surface area (Å²) in [6.07, 6.45) is 0.437. The van der Waals surface area contributed by atoms with Crippen LogP contribution in [0.3, 0.4) is 0 Å². The highest BCUT2D eigenvalue weighted by Gasteiger charge is 2.32. The molecule has 0 heterocycles. The molecular formula is C18H27O7PS. The van der Waals surface area contributed by atoms with Gasteiger partial charge in [-0.15, -0.1) is 0 Å². The van der Waals surface area contributed by atoms with Gasteiger partial charge in [-0.1, -0.05) is 31.0 Å². The van der Waals surface area contributed by atoms with Crippen molar-refractivity contribution in [2.45, 2.75) is 45.4 Å². The highest BCUT2D eigenvalue weighted by Crippen LogP contribution is 2.26.